The van der Waals surface area contributed by atoms with Gasteiger partial charge in [-0.2, -0.15) is 0 Å². The Labute approximate surface area is 93.9 Å². The molecule has 88 valence electrons. The molecule has 1 heterocycles. The number of rotatable bonds is 4. The Morgan fingerprint density at radius 1 is 1.56 bits per heavy atom. The van der Waals surface area contributed by atoms with E-state index in [1.807, 2.05) is 0 Å². The van der Waals surface area contributed by atoms with E-state index in [9.17, 15) is 8.42 Å². The number of nitrogens with zero attached hydrogens (tertiary/aromatic N) is 1. The molecule has 2 rings (SSSR count). The van der Waals surface area contributed by atoms with E-state index >= 15 is 0 Å². The van der Waals surface area contributed by atoms with Crippen molar-refractivity contribution in [2.75, 3.05) is 12.4 Å². The van der Waals surface area contributed by atoms with Crippen LogP contribution in [0.15, 0.2) is 17.2 Å². The van der Waals surface area contributed by atoms with Crippen molar-refractivity contribution in [1.29, 1.82) is 0 Å². The number of anilines is 1. The maximum absolute atomic E-state index is 11.4. The first-order valence-electron chi connectivity index (χ1n) is 4.88. The van der Waals surface area contributed by atoms with E-state index < -0.39 is 10.0 Å². The van der Waals surface area contributed by atoms with Gasteiger partial charge < -0.3 is 10.1 Å². The zero-order chi connectivity index (χ0) is 11.8. The zero-order valence-corrected chi connectivity index (χ0v) is 9.62. The van der Waals surface area contributed by atoms with Gasteiger partial charge in [0.15, 0.2) is 5.75 Å². The van der Waals surface area contributed by atoms with E-state index in [0.29, 0.717) is 5.82 Å². The van der Waals surface area contributed by atoms with Crippen molar-refractivity contribution in [3.8, 4) is 5.75 Å². The highest BCUT2D eigenvalue weighted by Gasteiger charge is 2.27. The summed E-state index contributed by atoms with van der Waals surface area (Å²) >= 11 is 0. The van der Waals surface area contributed by atoms with Crippen molar-refractivity contribution in [2.24, 2.45) is 5.14 Å². The maximum atomic E-state index is 11.4. The van der Waals surface area contributed by atoms with Gasteiger partial charge >= 0.3 is 0 Å². The van der Waals surface area contributed by atoms with Crippen LogP contribution in [-0.2, 0) is 10.0 Å². The summed E-state index contributed by atoms with van der Waals surface area (Å²) in [6, 6.07) is 1.37. The number of pyridine rings is 1. The third-order valence-electron chi connectivity index (χ3n) is 2.21. The molecule has 0 aromatic carbocycles. The van der Waals surface area contributed by atoms with Gasteiger partial charge in [0, 0.05) is 13.1 Å². The topological polar surface area (TPSA) is 94.3 Å². The number of aromatic nitrogens is 1. The van der Waals surface area contributed by atoms with Crippen molar-refractivity contribution < 1.29 is 13.2 Å². The van der Waals surface area contributed by atoms with Crippen LogP contribution in [-0.4, -0.2) is 26.6 Å². The SMILES string of the molecule is CNc1cc(S(N)(=O)=O)c(OC2CC2)cn1. The molecule has 0 bridgehead atoms. The fraction of sp³-hybridized carbons (Fsp3) is 0.444. The van der Waals surface area contributed by atoms with E-state index in [1.54, 1.807) is 7.05 Å². The molecule has 3 N–H and O–H groups in total. The predicted octanol–water partition coefficient (Wildman–Crippen LogP) is 0.312. The van der Waals surface area contributed by atoms with E-state index in [2.05, 4.69) is 10.3 Å². The van der Waals surface area contributed by atoms with E-state index in [-0.39, 0.29) is 16.7 Å². The largest absolute Gasteiger partial charge is 0.487 e. The van der Waals surface area contributed by atoms with Crippen LogP contribution in [0.3, 0.4) is 0 Å². The lowest BCUT2D eigenvalue weighted by Crippen LogP contribution is -2.15. The van der Waals surface area contributed by atoms with Crippen LogP contribution >= 0.6 is 0 Å². The summed E-state index contributed by atoms with van der Waals surface area (Å²) in [4.78, 5) is 3.97. The second-order valence-corrected chi connectivity index (χ2v) is 5.16. The van der Waals surface area contributed by atoms with Gasteiger partial charge in [0.25, 0.3) is 0 Å². The first-order chi connectivity index (χ1) is 7.50. The van der Waals surface area contributed by atoms with Crippen molar-refractivity contribution in [3.05, 3.63) is 12.3 Å². The van der Waals surface area contributed by atoms with Crippen LogP contribution in [0.25, 0.3) is 0 Å². The summed E-state index contributed by atoms with van der Waals surface area (Å²) in [5, 5.41) is 7.86. The van der Waals surface area contributed by atoms with Crippen LogP contribution < -0.4 is 15.2 Å². The van der Waals surface area contributed by atoms with E-state index in [4.69, 9.17) is 9.88 Å². The molecule has 1 saturated carbocycles. The van der Waals surface area contributed by atoms with Crippen LogP contribution in [0.2, 0.25) is 0 Å². The standard InChI is InChI=1S/C9H13N3O3S/c1-11-9-4-8(16(10,13)14)7(5-12-9)15-6-2-3-6/h4-6H,2-3H2,1H3,(H,11,12)(H2,10,13,14). The molecular weight excluding hydrogens is 230 g/mol. The lowest BCUT2D eigenvalue weighted by molar-refractivity contribution is 0.294. The predicted molar refractivity (Wildman–Crippen MR) is 58.8 cm³/mol. The Morgan fingerprint density at radius 2 is 2.25 bits per heavy atom. The molecule has 1 fully saturated rings. The van der Waals surface area contributed by atoms with Gasteiger partial charge in [0.2, 0.25) is 10.0 Å². The molecule has 7 heteroatoms. The third-order valence-corrected chi connectivity index (χ3v) is 3.14. The molecule has 1 aliphatic carbocycles. The minimum absolute atomic E-state index is 0.0289. The molecule has 16 heavy (non-hydrogen) atoms. The average molecular weight is 243 g/mol. The van der Waals surface area contributed by atoms with Crippen LogP contribution in [0.1, 0.15) is 12.8 Å². The molecule has 0 unspecified atom stereocenters. The molecule has 1 aromatic heterocycles. The number of nitrogens with one attached hydrogen (secondary N) is 1. The summed E-state index contributed by atoms with van der Waals surface area (Å²) in [7, 11) is -2.14. The third kappa shape index (κ3) is 2.42. The lowest BCUT2D eigenvalue weighted by atomic mass is 10.4. The average Bonchev–Trinajstić information content (AvgIpc) is 3.01. The Morgan fingerprint density at radius 3 is 2.75 bits per heavy atom. The molecular formula is C9H13N3O3S. The van der Waals surface area contributed by atoms with E-state index in [0.717, 1.165) is 12.8 Å². The molecule has 0 amide bonds. The van der Waals surface area contributed by atoms with Gasteiger partial charge in [-0.05, 0) is 12.8 Å². The highest BCUT2D eigenvalue weighted by atomic mass is 32.2. The van der Waals surface area contributed by atoms with Crippen molar-refractivity contribution in [3.63, 3.8) is 0 Å². The second kappa shape index (κ2) is 3.91. The number of hydrogen-bond acceptors (Lipinski definition) is 5. The van der Waals surface area contributed by atoms with Gasteiger partial charge in [-0.3, -0.25) is 0 Å². The van der Waals surface area contributed by atoms with Gasteiger partial charge in [-0.25, -0.2) is 18.5 Å². The zero-order valence-electron chi connectivity index (χ0n) is 8.80. The van der Waals surface area contributed by atoms with Crippen molar-refractivity contribution in [2.45, 2.75) is 23.8 Å². The number of primary sulfonamides is 1. The van der Waals surface area contributed by atoms with Gasteiger partial charge in [0.1, 0.15) is 10.7 Å². The molecule has 1 aliphatic rings. The second-order valence-electron chi connectivity index (χ2n) is 3.63. The molecule has 0 spiro atoms. The van der Waals surface area contributed by atoms with Crippen molar-refractivity contribution in [1.82, 2.24) is 4.98 Å². The molecule has 6 nitrogen and oxygen atoms in total. The molecule has 0 radical (unpaired) electrons. The van der Waals surface area contributed by atoms with Gasteiger partial charge in [-0.1, -0.05) is 0 Å². The summed E-state index contributed by atoms with van der Waals surface area (Å²) in [5.74, 6) is 0.663. The smallest absolute Gasteiger partial charge is 0.241 e. The van der Waals surface area contributed by atoms with E-state index in [1.165, 1.54) is 12.3 Å². The first-order valence-corrected chi connectivity index (χ1v) is 6.42. The maximum Gasteiger partial charge on any atom is 0.241 e. The highest BCUT2D eigenvalue weighted by Crippen LogP contribution is 2.31. The first kappa shape index (κ1) is 11.2. The highest BCUT2D eigenvalue weighted by molar-refractivity contribution is 7.89. The molecule has 1 aromatic rings. The Hall–Kier alpha value is -1.34. The minimum Gasteiger partial charge on any atom is -0.487 e. The fourth-order valence-electron chi connectivity index (χ4n) is 1.24. The quantitative estimate of drug-likeness (QED) is 0.793. The summed E-state index contributed by atoms with van der Waals surface area (Å²) < 4.78 is 28.2. The lowest BCUT2D eigenvalue weighted by Gasteiger charge is -2.10. The number of nitrogens with two attached hydrogens (primary N) is 1. The minimum atomic E-state index is -3.79. The van der Waals surface area contributed by atoms with Crippen LogP contribution in [0.4, 0.5) is 5.82 Å². The molecule has 0 saturated heterocycles. The number of sulfonamides is 1. The van der Waals surface area contributed by atoms with Gasteiger partial charge in [0.05, 0.1) is 12.3 Å². The summed E-state index contributed by atoms with van der Waals surface area (Å²) in [6.45, 7) is 0. The van der Waals surface area contributed by atoms with Gasteiger partial charge in [-0.15, -0.1) is 0 Å². The van der Waals surface area contributed by atoms with Crippen LogP contribution in [0.5, 0.6) is 5.75 Å². The summed E-state index contributed by atoms with van der Waals surface area (Å²) in [5.41, 5.74) is 0. The monoisotopic (exact) mass is 243 g/mol. The molecule has 0 atom stereocenters. The Bertz CT molecular complexity index is 497. The molecule has 0 aliphatic heterocycles. The summed E-state index contributed by atoms with van der Waals surface area (Å²) in [6.07, 6.45) is 3.36. The Kier molecular flexibility index (Phi) is 2.73. The Balaban J connectivity index is 2.42. The van der Waals surface area contributed by atoms with Crippen LogP contribution in [0, 0.1) is 0 Å². The fourth-order valence-corrected chi connectivity index (χ4v) is 1.89. The number of ether oxygens (including phenoxy) is 1. The van der Waals surface area contributed by atoms with Crippen molar-refractivity contribution >= 4 is 15.8 Å². The normalized spacial score (nSPS) is 15.9. The number of hydrogen-bond donors (Lipinski definition) is 2.